The largest absolute Gasteiger partial charge is 0.370 e. The third-order valence-electron chi connectivity index (χ3n) is 2.98. The lowest BCUT2D eigenvalue weighted by Gasteiger charge is -2.27. The van der Waals surface area contributed by atoms with E-state index in [1.807, 2.05) is 0 Å². The number of guanidine groups is 1. The van der Waals surface area contributed by atoms with Gasteiger partial charge in [-0.3, -0.25) is 0 Å². The van der Waals surface area contributed by atoms with E-state index in [-0.39, 0.29) is 0 Å². The fourth-order valence-electron chi connectivity index (χ4n) is 1.97. The lowest BCUT2D eigenvalue weighted by Crippen LogP contribution is -2.40. The molecule has 0 bridgehead atoms. The van der Waals surface area contributed by atoms with Crippen molar-refractivity contribution in [3.8, 4) is 0 Å². The summed E-state index contributed by atoms with van der Waals surface area (Å²) in [5.41, 5.74) is 7.02. The van der Waals surface area contributed by atoms with E-state index in [0.717, 1.165) is 25.2 Å². The number of aliphatic imine (C=N–C) groups is 1. The first-order valence-corrected chi connectivity index (χ1v) is 7.15. The molecule has 2 rings (SSSR count). The number of hydrogen-bond donors (Lipinski definition) is 1. The Morgan fingerprint density at radius 3 is 2.88 bits per heavy atom. The molecule has 1 saturated heterocycles. The summed E-state index contributed by atoms with van der Waals surface area (Å²) in [6, 6.07) is 0. The molecule has 94 valence electrons. The summed E-state index contributed by atoms with van der Waals surface area (Å²) in [5, 5.41) is 3.25. The average Bonchev–Trinajstić information content (AvgIpc) is 2.85. The fraction of sp³-hybridized carbons (Fsp3) is 0.667. The van der Waals surface area contributed by atoms with Gasteiger partial charge in [0.1, 0.15) is 0 Å². The molecule has 0 atom stereocenters. The highest BCUT2D eigenvalue weighted by molar-refractivity contribution is 7.09. The third kappa shape index (κ3) is 3.43. The fourth-order valence-corrected chi connectivity index (χ4v) is 2.70. The maximum atomic E-state index is 5.99. The monoisotopic (exact) mass is 252 g/mol. The van der Waals surface area contributed by atoms with E-state index < -0.39 is 0 Å². The Hall–Kier alpha value is -1.10. The van der Waals surface area contributed by atoms with Crippen molar-refractivity contribution >= 4 is 17.3 Å². The van der Waals surface area contributed by atoms with Gasteiger partial charge in [0, 0.05) is 18.5 Å². The zero-order valence-corrected chi connectivity index (χ0v) is 11.2. The lowest BCUT2D eigenvalue weighted by molar-refractivity contribution is 0.338. The SMILES string of the molecule is CCc1nc(CN=C(N)N2CCCCC2)cs1. The van der Waals surface area contributed by atoms with Crippen LogP contribution in [0.5, 0.6) is 0 Å². The summed E-state index contributed by atoms with van der Waals surface area (Å²) in [7, 11) is 0. The molecule has 0 radical (unpaired) electrons. The van der Waals surface area contributed by atoms with Gasteiger partial charge in [0.2, 0.25) is 0 Å². The number of nitrogens with zero attached hydrogens (tertiary/aromatic N) is 3. The van der Waals surface area contributed by atoms with Gasteiger partial charge < -0.3 is 10.6 Å². The molecule has 1 aromatic rings. The number of aromatic nitrogens is 1. The molecular formula is C12H20N4S. The van der Waals surface area contributed by atoms with Crippen LogP contribution in [0.15, 0.2) is 10.4 Å². The van der Waals surface area contributed by atoms with E-state index in [4.69, 9.17) is 5.73 Å². The molecule has 2 heterocycles. The van der Waals surface area contributed by atoms with Crippen LogP contribution in [-0.2, 0) is 13.0 Å². The summed E-state index contributed by atoms with van der Waals surface area (Å²) in [5.74, 6) is 0.677. The van der Waals surface area contributed by atoms with E-state index in [0.29, 0.717) is 12.5 Å². The molecule has 0 spiro atoms. The van der Waals surface area contributed by atoms with Gasteiger partial charge >= 0.3 is 0 Å². The van der Waals surface area contributed by atoms with Gasteiger partial charge in [-0.2, -0.15) is 0 Å². The van der Waals surface area contributed by atoms with E-state index >= 15 is 0 Å². The molecular weight excluding hydrogens is 232 g/mol. The molecule has 5 heteroatoms. The number of aryl methyl sites for hydroxylation is 1. The molecule has 1 aromatic heterocycles. The van der Waals surface area contributed by atoms with Crippen LogP contribution >= 0.6 is 11.3 Å². The van der Waals surface area contributed by atoms with Crippen LogP contribution < -0.4 is 5.73 Å². The first-order chi connectivity index (χ1) is 8.29. The Balaban J connectivity index is 1.90. The maximum Gasteiger partial charge on any atom is 0.191 e. The standard InChI is InChI=1S/C12H20N4S/c1-2-11-15-10(9-17-11)8-14-12(13)16-6-4-3-5-7-16/h9H,2-8H2,1H3,(H2,13,14). The van der Waals surface area contributed by atoms with Gasteiger partial charge in [0.15, 0.2) is 5.96 Å². The van der Waals surface area contributed by atoms with Crippen molar-refractivity contribution in [3.63, 3.8) is 0 Å². The maximum absolute atomic E-state index is 5.99. The average molecular weight is 252 g/mol. The Morgan fingerprint density at radius 2 is 2.24 bits per heavy atom. The first kappa shape index (κ1) is 12.4. The van der Waals surface area contributed by atoms with E-state index in [2.05, 4.69) is 27.2 Å². The summed E-state index contributed by atoms with van der Waals surface area (Å²) in [6.45, 7) is 4.83. The topological polar surface area (TPSA) is 54.5 Å². The van der Waals surface area contributed by atoms with Crippen molar-refractivity contribution < 1.29 is 0 Å². The predicted octanol–water partition coefficient (Wildman–Crippen LogP) is 2.01. The minimum atomic E-state index is 0.610. The number of rotatable bonds is 3. The first-order valence-electron chi connectivity index (χ1n) is 6.27. The number of thiazole rings is 1. The number of hydrogen-bond acceptors (Lipinski definition) is 3. The molecule has 0 aromatic carbocycles. The van der Waals surface area contributed by atoms with Crippen LogP contribution in [0.4, 0.5) is 0 Å². The van der Waals surface area contributed by atoms with Crippen LogP contribution in [0.25, 0.3) is 0 Å². The Kier molecular flexibility index (Phi) is 4.36. The predicted molar refractivity (Wildman–Crippen MR) is 72.2 cm³/mol. The zero-order chi connectivity index (χ0) is 12.1. The highest BCUT2D eigenvalue weighted by atomic mass is 32.1. The molecule has 1 aliphatic rings. The number of nitrogens with two attached hydrogens (primary N) is 1. The van der Waals surface area contributed by atoms with E-state index in [1.54, 1.807) is 11.3 Å². The van der Waals surface area contributed by atoms with Crippen LogP contribution in [-0.4, -0.2) is 28.9 Å². The van der Waals surface area contributed by atoms with Crippen molar-refractivity contribution in [2.75, 3.05) is 13.1 Å². The van der Waals surface area contributed by atoms with Gasteiger partial charge in [-0.25, -0.2) is 9.98 Å². The van der Waals surface area contributed by atoms with Crippen LogP contribution in [0.3, 0.4) is 0 Å². The van der Waals surface area contributed by atoms with E-state index in [1.165, 1.54) is 24.3 Å². The van der Waals surface area contributed by atoms with Crippen LogP contribution in [0.2, 0.25) is 0 Å². The minimum Gasteiger partial charge on any atom is -0.370 e. The van der Waals surface area contributed by atoms with E-state index in [9.17, 15) is 0 Å². The molecule has 4 nitrogen and oxygen atoms in total. The van der Waals surface area contributed by atoms with Crippen LogP contribution in [0, 0.1) is 0 Å². The van der Waals surface area contributed by atoms with Crippen molar-refractivity contribution in [3.05, 3.63) is 16.1 Å². The Bertz CT molecular complexity index is 380. The van der Waals surface area contributed by atoms with Gasteiger partial charge in [0.25, 0.3) is 0 Å². The Morgan fingerprint density at radius 1 is 1.47 bits per heavy atom. The molecule has 0 saturated carbocycles. The summed E-state index contributed by atoms with van der Waals surface area (Å²) >= 11 is 1.70. The second-order valence-electron chi connectivity index (χ2n) is 4.31. The summed E-state index contributed by atoms with van der Waals surface area (Å²) in [4.78, 5) is 11.1. The smallest absolute Gasteiger partial charge is 0.191 e. The van der Waals surface area contributed by atoms with Gasteiger partial charge in [-0.1, -0.05) is 6.92 Å². The molecule has 1 aliphatic heterocycles. The van der Waals surface area contributed by atoms with Gasteiger partial charge in [-0.05, 0) is 25.7 Å². The molecule has 0 aliphatic carbocycles. The molecule has 0 amide bonds. The quantitative estimate of drug-likeness (QED) is 0.661. The highest BCUT2D eigenvalue weighted by Crippen LogP contribution is 2.12. The Labute approximate surface area is 107 Å². The second-order valence-corrected chi connectivity index (χ2v) is 5.25. The second kappa shape index (κ2) is 6.00. The molecule has 17 heavy (non-hydrogen) atoms. The van der Waals surface area contributed by atoms with Gasteiger partial charge in [-0.15, -0.1) is 11.3 Å². The van der Waals surface area contributed by atoms with Gasteiger partial charge in [0.05, 0.1) is 17.2 Å². The molecule has 2 N–H and O–H groups in total. The third-order valence-corrected chi connectivity index (χ3v) is 4.03. The minimum absolute atomic E-state index is 0.610. The van der Waals surface area contributed by atoms with Crippen molar-refractivity contribution in [1.82, 2.24) is 9.88 Å². The van der Waals surface area contributed by atoms with Crippen molar-refractivity contribution in [1.29, 1.82) is 0 Å². The summed E-state index contributed by atoms with van der Waals surface area (Å²) < 4.78 is 0. The van der Waals surface area contributed by atoms with Crippen molar-refractivity contribution in [2.24, 2.45) is 10.7 Å². The zero-order valence-electron chi connectivity index (χ0n) is 10.4. The van der Waals surface area contributed by atoms with Crippen LogP contribution in [0.1, 0.15) is 36.9 Å². The molecule has 1 fully saturated rings. The molecule has 0 unspecified atom stereocenters. The van der Waals surface area contributed by atoms with Crippen molar-refractivity contribution in [2.45, 2.75) is 39.2 Å². The highest BCUT2D eigenvalue weighted by Gasteiger charge is 2.11. The number of piperidine rings is 1. The normalized spacial score (nSPS) is 17.5. The summed E-state index contributed by atoms with van der Waals surface area (Å²) in [6.07, 6.45) is 4.77. The lowest BCUT2D eigenvalue weighted by atomic mass is 10.1. The number of likely N-dealkylation sites (tertiary alicyclic amines) is 1.